The van der Waals surface area contributed by atoms with E-state index in [1.165, 1.54) is 0 Å². The molecule has 0 amide bonds. The fourth-order valence-electron chi connectivity index (χ4n) is 0.998. The van der Waals surface area contributed by atoms with Gasteiger partial charge in [-0.25, -0.2) is 13.2 Å². The van der Waals surface area contributed by atoms with E-state index < -0.39 is 61.2 Å². The molecule has 0 aromatic heterocycles. The number of hydrogen-bond acceptors (Lipinski definition) is 0. The highest BCUT2D eigenvalue weighted by Crippen LogP contribution is 2.53. The lowest BCUT2D eigenvalue weighted by atomic mass is 10.1. The van der Waals surface area contributed by atoms with Gasteiger partial charge in [-0.1, -0.05) is 0 Å². The largest absolute Gasteiger partial charge is 0.460 e. The minimum atomic E-state index is -7.00. The second kappa shape index (κ2) is 8.62. The van der Waals surface area contributed by atoms with Crippen LogP contribution in [0.4, 0.5) is 87.8 Å². The van der Waals surface area contributed by atoms with Gasteiger partial charge in [0.1, 0.15) is 0 Å². The normalized spacial score (nSPS) is 17.2. The molecule has 0 aromatic carbocycles. The molecule has 2 unspecified atom stereocenters. The maximum Gasteiger partial charge on any atom is 0.460 e. The van der Waals surface area contributed by atoms with Gasteiger partial charge < -0.3 is 0 Å². The summed E-state index contributed by atoms with van der Waals surface area (Å²) in [7, 11) is 0. The van der Waals surface area contributed by atoms with Crippen LogP contribution in [0.1, 0.15) is 0 Å². The van der Waals surface area contributed by atoms with Crippen molar-refractivity contribution in [3.8, 4) is 0 Å². The lowest BCUT2D eigenvalue weighted by Crippen LogP contribution is -2.61. The van der Waals surface area contributed by atoms with E-state index in [0.717, 1.165) is 0 Å². The molecule has 0 aliphatic heterocycles. The van der Waals surface area contributed by atoms with Crippen molar-refractivity contribution in [2.45, 2.75) is 54.6 Å². The third-order valence-corrected chi connectivity index (χ3v) is 2.67. The average molecular weight is 504 g/mol. The minimum Gasteiger partial charge on any atom is -0.244 e. The lowest BCUT2D eigenvalue weighted by Gasteiger charge is -2.32. The molecule has 0 aliphatic rings. The van der Waals surface area contributed by atoms with Gasteiger partial charge in [-0.05, 0) is 0 Å². The first-order valence-corrected chi connectivity index (χ1v) is 6.18. The van der Waals surface area contributed by atoms with Gasteiger partial charge in [0.05, 0.1) is 0 Å². The molecule has 20 heteroatoms. The van der Waals surface area contributed by atoms with Crippen molar-refractivity contribution < 1.29 is 87.8 Å². The maximum absolute atomic E-state index is 12.0. The van der Waals surface area contributed by atoms with Crippen LogP contribution < -0.4 is 0 Å². The van der Waals surface area contributed by atoms with E-state index in [9.17, 15) is 87.8 Å². The molecular formula is C10H4F20. The van der Waals surface area contributed by atoms with Crippen LogP contribution in [0.5, 0.6) is 0 Å². The third kappa shape index (κ3) is 6.07. The highest BCUT2D eigenvalue weighted by atomic mass is 19.4. The summed E-state index contributed by atoms with van der Waals surface area (Å²) in [5.74, 6) is -26.3. The van der Waals surface area contributed by atoms with E-state index in [4.69, 9.17) is 0 Å². The summed E-state index contributed by atoms with van der Waals surface area (Å²) >= 11 is 0. The standard InChI is InChI=1S/2C5H2F10/c6-1-2(7,8)3(9,10)4(11,12)5(13,14)15;6-1(2(7)4(10,11)12)3(8,9)5(13,14)15/h1H2;1-2H. The molecule has 184 valence electrons. The molecule has 0 radical (unpaired) electrons. The summed E-state index contributed by atoms with van der Waals surface area (Å²) in [5.41, 5.74) is 0. The van der Waals surface area contributed by atoms with Gasteiger partial charge >= 0.3 is 42.2 Å². The zero-order valence-electron chi connectivity index (χ0n) is 12.9. The average Bonchev–Trinajstić information content (AvgIpc) is 2.50. The Morgan fingerprint density at radius 3 is 1.00 bits per heavy atom. The Morgan fingerprint density at radius 2 is 0.800 bits per heavy atom. The zero-order chi connectivity index (χ0) is 25.4. The van der Waals surface area contributed by atoms with Crippen LogP contribution in [0, 0.1) is 0 Å². The molecule has 0 fully saturated rings. The van der Waals surface area contributed by atoms with Crippen LogP contribution in [-0.2, 0) is 0 Å². The van der Waals surface area contributed by atoms with E-state index in [1.54, 1.807) is 0 Å². The Morgan fingerprint density at radius 1 is 0.467 bits per heavy atom. The van der Waals surface area contributed by atoms with Crippen LogP contribution in [0.25, 0.3) is 0 Å². The summed E-state index contributed by atoms with van der Waals surface area (Å²) in [6.45, 7) is -3.33. The second-order valence-electron chi connectivity index (χ2n) is 4.95. The van der Waals surface area contributed by atoms with Crippen LogP contribution >= 0.6 is 0 Å². The molecule has 0 N–H and O–H groups in total. The van der Waals surface area contributed by atoms with Crippen molar-refractivity contribution in [2.75, 3.05) is 6.67 Å². The molecule has 0 bridgehead atoms. The van der Waals surface area contributed by atoms with Gasteiger partial charge in [-0.3, -0.25) is 0 Å². The monoisotopic (exact) mass is 504 g/mol. The van der Waals surface area contributed by atoms with Crippen molar-refractivity contribution in [3.63, 3.8) is 0 Å². The van der Waals surface area contributed by atoms with Crippen molar-refractivity contribution >= 4 is 0 Å². The molecule has 2 atom stereocenters. The van der Waals surface area contributed by atoms with Crippen LogP contribution in [0.3, 0.4) is 0 Å². The predicted octanol–water partition coefficient (Wildman–Crippen LogP) is 6.85. The number of halogens is 20. The van der Waals surface area contributed by atoms with Gasteiger partial charge in [0, 0.05) is 0 Å². The van der Waals surface area contributed by atoms with E-state index in [2.05, 4.69) is 0 Å². The first-order chi connectivity index (χ1) is 12.6. The topological polar surface area (TPSA) is 0 Å². The van der Waals surface area contributed by atoms with E-state index in [-0.39, 0.29) is 0 Å². The predicted molar refractivity (Wildman–Crippen MR) is 53.7 cm³/mol. The van der Waals surface area contributed by atoms with Gasteiger partial charge in [0.25, 0.3) is 0 Å². The molecule has 0 saturated carbocycles. The molecular weight excluding hydrogens is 500 g/mol. The van der Waals surface area contributed by atoms with Crippen molar-refractivity contribution in [1.29, 1.82) is 0 Å². The highest BCUT2D eigenvalue weighted by Gasteiger charge is 2.81. The van der Waals surface area contributed by atoms with Crippen molar-refractivity contribution in [2.24, 2.45) is 0 Å². The number of hydrogen-bond donors (Lipinski definition) is 0. The van der Waals surface area contributed by atoms with Gasteiger partial charge in [-0.2, -0.15) is 74.6 Å². The summed E-state index contributed by atoms with van der Waals surface area (Å²) in [6.07, 6.45) is -29.5. The van der Waals surface area contributed by atoms with Crippen LogP contribution in [0.15, 0.2) is 0 Å². The maximum atomic E-state index is 12.0. The minimum absolute atomic E-state index is 3.33. The van der Waals surface area contributed by atoms with Gasteiger partial charge in [0.2, 0.25) is 12.3 Å². The molecule has 0 rings (SSSR count). The van der Waals surface area contributed by atoms with Crippen LogP contribution in [-0.4, -0.2) is 61.2 Å². The van der Waals surface area contributed by atoms with Crippen LogP contribution in [0.2, 0.25) is 0 Å². The number of alkyl halides is 20. The Bertz CT molecular complexity index is 533. The first-order valence-electron chi connectivity index (χ1n) is 6.18. The molecule has 30 heavy (non-hydrogen) atoms. The van der Waals surface area contributed by atoms with Crippen molar-refractivity contribution in [3.05, 3.63) is 0 Å². The first kappa shape index (κ1) is 30.8. The second-order valence-corrected chi connectivity index (χ2v) is 4.95. The Kier molecular flexibility index (Phi) is 8.85. The summed E-state index contributed by atoms with van der Waals surface area (Å²) < 4.78 is 232. The fraction of sp³-hybridized carbons (Fsp3) is 1.00. The van der Waals surface area contributed by atoms with Gasteiger partial charge in [0.15, 0.2) is 6.67 Å². The third-order valence-electron chi connectivity index (χ3n) is 2.67. The molecule has 0 aliphatic carbocycles. The smallest absolute Gasteiger partial charge is 0.244 e. The Hall–Kier alpha value is -1.40. The molecule has 0 heterocycles. The molecule has 0 saturated heterocycles. The quantitative estimate of drug-likeness (QED) is 0.360. The van der Waals surface area contributed by atoms with Crippen molar-refractivity contribution in [1.82, 2.24) is 0 Å². The SMILES string of the molecule is FC(C(F)C(F)(F)C(F)(F)F)C(F)(F)F.FCC(F)(F)C(F)(F)C(F)(F)C(F)(F)F. The molecule has 0 spiro atoms. The number of rotatable bonds is 5. The van der Waals surface area contributed by atoms with E-state index in [0.29, 0.717) is 0 Å². The van der Waals surface area contributed by atoms with Gasteiger partial charge in [-0.15, -0.1) is 0 Å². The molecule has 0 nitrogen and oxygen atoms in total. The summed E-state index contributed by atoms with van der Waals surface area (Å²) in [5, 5.41) is 0. The zero-order valence-corrected chi connectivity index (χ0v) is 12.9. The lowest BCUT2D eigenvalue weighted by molar-refractivity contribution is -0.397. The Labute approximate surface area is 150 Å². The van der Waals surface area contributed by atoms with E-state index in [1.807, 2.05) is 0 Å². The fourth-order valence-corrected chi connectivity index (χ4v) is 0.998. The molecule has 0 aromatic rings. The highest BCUT2D eigenvalue weighted by molar-refractivity contribution is 5.00. The summed E-state index contributed by atoms with van der Waals surface area (Å²) in [6, 6.07) is 0. The Balaban J connectivity index is 0. The summed E-state index contributed by atoms with van der Waals surface area (Å²) in [4.78, 5) is 0. The van der Waals surface area contributed by atoms with E-state index >= 15 is 0 Å².